The Balaban J connectivity index is 1.39. The maximum Gasteiger partial charge on any atom is 0.352 e. The van der Waals surface area contributed by atoms with E-state index in [9.17, 15) is 24.8 Å². The van der Waals surface area contributed by atoms with E-state index in [1.165, 1.54) is 16.7 Å². The molecule has 0 spiro atoms. The fourth-order valence-corrected chi connectivity index (χ4v) is 5.99. The van der Waals surface area contributed by atoms with E-state index >= 15 is 0 Å². The Morgan fingerprint density at radius 3 is 2.95 bits per heavy atom. The van der Waals surface area contributed by atoms with Gasteiger partial charge in [-0.25, -0.2) is 9.36 Å². The number of nitrogen functional groups attached to an aromatic ring is 1. The molecule has 0 aliphatic carbocycles. The first kappa shape index (κ1) is 25.2. The largest absolute Gasteiger partial charge is 0.477 e. The van der Waals surface area contributed by atoms with Gasteiger partial charge < -0.3 is 21.0 Å². The summed E-state index contributed by atoms with van der Waals surface area (Å²) in [5.74, 6) is -2.32. The number of aliphatic carboxylic acids is 1. The molecule has 3 aromatic heterocycles. The molecule has 4 N–H and O–H groups in total. The van der Waals surface area contributed by atoms with Crippen LogP contribution in [0, 0.1) is 11.3 Å². The minimum atomic E-state index is -1.26. The van der Waals surface area contributed by atoms with Crippen LogP contribution in [0.2, 0.25) is 0 Å². The fraction of sp³-hybridized carbons (Fsp3) is 0.273. The predicted octanol–water partition coefficient (Wildman–Crippen LogP) is -0.288. The normalized spacial score (nSPS) is 19.1. The standard InChI is InChI=1S/C22H19N9O5S2/c1-2-36-27-14(17-26-22(24)38-28-17)18(32)25-15-19(33)31-16(21(34)35)11(10-37-20(15)31)8-29-9-12(7-23)30-6-4-3-5-13(29)30/h3-6,9,15,20H,2,8,10H2,1H3,(H3-,24,25,26,28,32,34,35)/p+1/b27-14-/t15-,20+/m1/s1. The van der Waals surface area contributed by atoms with Crippen molar-refractivity contribution in [3.63, 3.8) is 0 Å². The molecule has 5 rings (SSSR count). The molecule has 0 unspecified atom stereocenters. The molecule has 0 saturated carbocycles. The number of imidazole rings is 1. The molecule has 3 aromatic rings. The number of aromatic nitrogens is 4. The molecule has 0 radical (unpaired) electrons. The van der Waals surface area contributed by atoms with E-state index in [-0.39, 0.29) is 35.5 Å². The number of carbonyl (C=O) groups is 3. The quantitative estimate of drug-likeness (QED) is 0.144. The van der Waals surface area contributed by atoms with E-state index in [2.05, 4.69) is 25.9 Å². The van der Waals surface area contributed by atoms with E-state index in [1.807, 2.05) is 12.1 Å². The average molecular weight is 555 g/mol. The summed E-state index contributed by atoms with van der Waals surface area (Å²) >= 11 is 2.20. The van der Waals surface area contributed by atoms with E-state index in [0.717, 1.165) is 11.5 Å². The number of nitrogens with two attached hydrogens (primary N) is 1. The van der Waals surface area contributed by atoms with Gasteiger partial charge in [-0.1, -0.05) is 11.2 Å². The summed E-state index contributed by atoms with van der Waals surface area (Å²) in [6.07, 6.45) is 3.38. The predicted molar refractivity (Wildman–Crippen MR) is 134 cm³/mol. The molecular weight excluding hydrogens is 534 g/mol. The van der Waals surface area contributed by atoms with Crippen molar-refractivity contribution in [2.75, 3.05) is 18.1 Å². The van der Waals surface area contributed by atoms with Gasteiger partial charge in [0.2, 0.25) is 17.2 Å². The van der Waals surface area contributed by atoms with Crippen LogP contribution in [0.15, 0.2) is 47.0 Å². The van der Waals surface area contributed by atoms with Gasteiger partial charge in [0.1, 0.15) is 42.5 Å². The number of carbonyl (C=O) groups excluding carboxylic acids is 2. The molecule has 1 fully saturated rings. The van der Waals surface area contributed by atoms with Crippen LogP contribution in [0.4, 0.5) is 5.13 Å². The van der Waals surface area contributed by atoms with Crippen molar-refractivity contribution < 1.29 is 28.9 Å². The van der Waals surface area contributed by atoms with Gasteiger partial charge in [0.05, 0.1) is 6.20 Å². The lowest BCUT2D eigenvalue weighted by atomic mass is 10.0. The summed E-state index contributed by atoms with van der Waals surface area (Å²) in [6.45, 7) is 2.03. The smallest absolute Gasteiger partial charge is 0.352 e. The van der Waals surface area contributed by atoms with Gasteiger partial charge in [0.15, 0.2) is 5.13 Å². The van der Waals surface area contributed by atoms with Crippen LogP contribution in [-0.2, 0) is 25.8 Å². The van der Waals surface area contributed by atoms with Crippen LogP contribution in [0.5, 0.6) is 0 Å². The average Bonchev–Trinajstić information content (AvgIpc) is 3.50. The maximum absolute atomic E-state index is 13.1. The number of fused-ring (bicyclic) bond motifs is 2. The second-order valence-corrected chi connectivity index (χ2v) is 10.0. The lowest BCUT2D eigenvalue weighted by molar-refractivity contribution is -0.662. The summed E-state index contributed by atoms with van der Waals surface area (Å²) in [4.78, 5) is 48.5. The Kier molecular flexibility index (Phi) is 6.70. The van der Waals surface area contributed by atoms with Crippen molar-refractivity contribution in [1.82, 2.24) is 24.0 Å². The van der Waals surface area contributed by atoms with Crippen LogP contribution < -0.4 is 15.6 Å². The van der Waals surface area contributed by atoms with Gasteiger partial charge in [0, 0.05) is 28.9 Å². The van der Waals surface area contributed by atoms with Gasteiger partial charge in [-0.05, 0) is 13.0 Å². The Morgan fingerprint density at radius 1 is 1.45 bits per heavy atom. The molecular formula is C22H20N9O5S2+. The zero-order chi connectivity index (χ0) is 27.0. The molecule has 2 aliphatic heterocycles. The summed E-state index contributed by atoms with van der Waals surface area (Å²) in [5, 5.41) is 25.4. The third kappa shape index (κ3) is 4.31. The summed E-state index contributed by atoms with van der Waals surface area (Å²) in [7, 11) is 0. The van der Waals surface area contributed by atoms with Crippen molar-refractivity contribution in [2.24, 2.45) is 5.16 Å². The summed E-state index contributed by atoms with van der Waals surface area (Å²) in [5.41, 5.74) is 6.83. The first-order chi connectivity index (χ1) is 18.3. The number of hydrogen-bond donors (Lipinski definition) is 3. The van der Waals surface area contributed by atoms with Crippen molar-refractivity contribution in [3.8, 4) is 6.07 Å². The fourth-order valence-electron chi connectivity index (χ4n) is 4.22. The molecule has 14 nitrogen and oxygen atoms in total. The number of anilines is 1. The first-order valence-corrected chi connectivity index (χ1v) is 13.1. The maximum atomic E-state index is 13.1. The SMILES string of the molecule is CCO/N=C(\C(=O)N[C@@H]1C(=O)N2C(C(=O)O)=C(C[n+]3cc(C#N)n4ccccc43)CS[C@@H]12)c1nsc(N)n1. The molecule has 16 heteroatoms. The number of carboxylic acids is 1. The van der Waals surface area contributed by atoms with Crippen molar-refractivity contribution in [2.45, 2.75) is 24.9 Å². The molecule has 194 valence electrons. The highest BCUT2D eigenvalue weighted by molar-refractivity contribution is 8.00. The Labute approximate surface area is 223 Å². The first-order valence-electron chi connectivity index (χ1n) is 11.2. The molecule has 0 bridgehead atoms. The number of rotatable bonds is 8. The van der Waals surface area contributed by atoms with Crippen molar-refractivity contribution in [3.05, 3.63) is 53.4 Å². The van der Waals surface area contributed by atoms with Gasteiger partial charge in [-0.2, -0.15) is 19.0 Å². The molecule has 1 saturated heterocycles. The zero-order valence-electron chi connectivity index (χ0n) is 19.8. The number of amides is 2. The van der Waals surface area contributed by atoms with Crippen molar-refractivity contribution >= 4 is 57.6 Å². The highest BCUT2D eigenvalue weighted by atomic mass is 32.2. The Morgan fingerprint density at radius 2 is 2.26 bits per heavy atom. The zero-order valence-corrected chi connectivity index (χ0v) is 21.4. The molecule has 2 atom stereocenters. The van der Waals surface area contributed by atoms with Crippen LogP contribution in [0.25, 0.3) is 5.65 Å². The molecule has 2 aliphatic rings. The van der Waals surface area contributed by atoms with E-state index in [4.69, 9.17) is 10.6 Å². The molecule has 2 amide bonds. The minimum Gasteiger partial charge on any atom is -0.477 e. The van der Waals surface area contributed by atoms with Crippen LogP contribution >= 0.6 is 23.3 Å². The van der Waals surface area contributed by atoms with Gasteiger partial charge in [-0.15, -0.1) is 11.8 Å². The van der Waals surface area contributed by atoms with Crippen LogP contribution in [0.1, 0.15) is 18.4 Å². The molecule has 0 aromatic carbocycles. The molecule has 38 heavy (non-hydrogen) atoms. The minimum absolute atomic E-state index is 0.0414. The van der Waals surface area contributed by atoms with Gasteiger partial charge in [0.25, 0.3) is 17.5 Å². The Bertz CT molecular complexity index is 1570. The Hall–Kier alpha value is -4.49. The van der Waals surface area contributed by atoms with Gasteiger partial charge in [-0.3, -0.25) is 14.5 Å². The number of nitrogens with zero attached hydrogens (tertiary/aromatic N) is 7. The number of oxime groups is 1. The number of hydrogen-bond acceptors (Lipinski definition) is 11. The topological polar surface area (TPSA) is 192 Å². The van der Waals surface area contributed by atoms with Crippen LogP contribution in [0.3, 0.4) is 0 Å². The number of nitriles is 1. The third-order valence-corrected chi connectivity index (χ3v) is 7.72. The number of β-lactam (4-membered cyclic amide) rings is 1. The van der Waals surface area contributed by atoms with E-state index < -0.39 is 29.2 Å². The van der Waals surface area contributed by atoms with E-state index in [1.54, 1.807) is 34.4 Å². The summed E-state index contributed by atoms with van der Waals surface area (Å²) < 4.78 is 7.45. The van der Waals surface area contributed by atoms with Crippen LogP contribution in [-0.4, -0.2) is 71.0 Å². The number of thioether (sulfide) groups is 1. The highest BCUT2D eigenvalue weighted by Gasteiger charge is 2.54. The molecule has 5 heterocycles. The second kappa shape index (κ2) is 10.1. The van der Waals surface area contributed by atoms with Crippen molar-refractivity contribution in [1.29, 1.82) is 5.26 Å². The summed E-state index contributed by atoms with van der Waals surface area (Å²) in [6, 6.07) is 6.55. The third-order valence-electron chi connectivity index (χ3n) is 5.84. The second-order valence-electron chi connectivity index (χ2n) is 8.12. The highest BCUT2D eigenvalue weighted by Crippen LogP contribution is 2.40. The lowest BCUT2D eigenvalue weighted by Gasteiger charge is -2.49. The number of carboxylic acid groups (broad SMARTS) is 1. The van der Waals surface area contributed by atoms with Gasteiger partial charge >= 0.3 is 5.97 Å². The number of pyridine rings is 1. The lowest BCUT2D eigenvalue weighted by Crippen LogP contribution is -2.71. The monoisotopic (exact) mass is 554 g/mol. The van der Waals surface area contributed by atoms with E-state index in [0.29, 0.717) is 22.7 Å². The number of nitrogens with one attached hydrogen (secondary N) is 1.